The summed E-state index contributed by atoms with van der Waals surface area (Å²) in [5.41, 5.74) is 2.75. The third kappa shape index (κ3) is 6.17. The highest BCUT2D eigenvalue weighted by molar-refractivity contribution is 9.10. The van der Waals surface area contributed by atoms with E-state index in [1.54, 1.807) is 62.1 Å². The summed E-state index contributed by atoms with van der Waals surface area (Å²) in [6, 6.07) is 12.8. The second kappa shape index (κ2) is 11.2. The van der Waals surface area contributed by atoms with Gasteiger partial charge in [0.05, 0.1) is 17.7 Å². The van der Waals surface area contributed by atoms with Crippen LogP contribution in [0.3, 0.4) is 0 Å². The Morgan fingerprint density at radius 1 is 1.12 bits per heavy atom. The number of allylic oxidation sites excluding steroid dienone is 1. The number of hydrogen-bond donors (Lipinski definition) is 3. The summed E-state index contributed by atoms with van der Waals surface area (Å²) < 4.78 is 6.40. The fourth-order valence-electron chi connectivity index (χ4n) is 3.69. The molecule has 1 atom stereocenters. The van der Waals surface area contributed by atoms with Gasteiger partial charge in [-0.05, 0) is 69.2 Å². The van der Waals surface area contributed by atoms with Gasteiger partial charge in [0, 0.05) is 28.1 Å². The van der Waals surface area contributed by atoms with Gasteiger partial charge in [0.2, 0.25) is 0 Å². The molecule has 1 aliphatic rings. The minimum atomic E-state index is -0.705. The van der Waals surface area contributed by atoms with E-state index in [9.17, 15) is 14.4 Å². The van der Waals surface area contributed by atoms with E-state index in [1.807, 2.05) is 19.1 Å². The van der Waals surface area contributed by atoms with Crippen molar-refractivity contribution in [3.8, 4) is 0 Å². The number of nitrogens with zero attached hydrogens (tertiary/aromatic N) is 1. The van der Waals surface area contributed by atoms with Crippen molar-refractivity contribution in [1.82, 2.24) is 10.2 Å². The van der Waals surface area contributed by atoms with Gasteiger partial charge < -0.3 is 20.7 Å². The first-order valence-electron chi connectivity index (χ1n) is 11.1. The molecule has 180 valence electrons. The monoisotopic (exact) mass is 528 g/mol. The van der Waals surface area contributed by atoms with Crippen molar-refractivity contribution in [1.29, 1.82) is 0 Å². The fourth-order valence-corrected chi connectivity index (χ4v) is 3.95. The topological polar surface area (TPSA) is 99.8 Å². The lowest BCUT2D eigenvalue weighted by Gasteiger charge is -2.35. The first-order chi connectivity index (χ1) is 16.2. The molecule has 3 N–H and O–H groups in total. The summed E-state index contributed by atoms with van der Waals surface area (Å²) in [5.74, 6) is -0.482. The maximum atomic E-state index is 13.0. The molecule has 1 aliphatic heterocycles. The molecular formula is C25H29BrN4O4. The van der Waals surface area contributed by atoms with Crippen molar-refractivity contribution in [3.05, 3.63) is 69.8 Å². The van der Waals surface area contributed by atoms with Crippen LogP contribution in [0.2, 0.25) is 0 Å². The van der Waals surface area contributed by atoms with Crippen LogP contribution in [0.4, 0.5) is 21.0 Å². The van der Waals surface area contributed by atoms with Crippen molar-refractivity contribution in [2.45, 2.75) is 46.3 Å². The van der Waals surface area contributed by atoms with Gasteiger partial charge in [-0.2, -0.15) is 0 Å². The molecule has 0 aliphatic carbocycles. The second-order valence-electron chi connectivity index (χ2n) is 8.20. The van der Waals surface area contributed by atoms with Gasteiger partial charge in [0.25, 0.3) is 0 Å². The van der Waals surface area contributed by atoms with Crippen LogP contribution >= 0.6 is 15.9 Å². The highest BCUT2D eigenvalue weighted by atomic mass is 79.9. The lowest BCUT2D eigenvalue weighted by atomic mass is 9.94. The lowest BCUT2D eigenvalue weighted by molar-refractivity contribution is -0.143. The average Bonchev–Trinajstić information content (AvgIpc) is 2.77. The Morgan fingerprint density at radius 2 is 1.79 bits per heavy atom. The summed E-state index contributed by atoms with van der Waals surface area (Å²) >= 11 is 3.36. The lowest BCUT2D eigenvalue weighted by Crippen LogP contribution is -2.48. The molecule has 1 heterocycles. The van der Waals surface area contributed by atoms with E-state index in [0.717, 1.165) is 10.9 Å². The normalized spacial score (nSPS) is 15.8. The van der Waals surface area contributed by atoms with Gasteiger partial charge in [-0.15, -0.1) is 0 Å². The minimum absolute atomic E-state index is 0.281. The molecule has 34 heavy (non-hydrogen) atoms. The van der Waals surface area contributed by atoms with E-state index in [4.69, 9.17) is 4.74 Å². The number of urea groups is 2. The molecule has 0 aromatic heterocycles. The Bertz CT molecular complexity index is 1100. The van der Waals surface area contributed by atoms with Crippen LogP contribution in [-0.2, 0) is 9.53 Å². The first kappa shape index (κ1) is 25.3. The number of benzene rings is 2. The third-order valence-electron chi connectivity index (χ3n) is 5.19. The summed E-state index contributed by atoms with van der Waals surface area (Å²) in [6.07, 6.45) is 0.440. The van der Waals surface area contributed by atoms with Crippen LogP contribution in [-0.4, -0.2) is 35.6 Å². The third-order valence-corrected chi connectivity index (χ3v) is 5.71. The summed E-state index contributed by atoms with van der Waals surface area (Å²) in [7, 11) is 0. The van der Waals surface area contributed by atoms with Crippen LogP contribution in [0.25, 0.3) is 0 Å². The zero-order chi connectivity index (χ0) is 24.8. The zero-order valence-corrected chi connectivity index (χ0v) is 21.2. The number of esters is 1. The van der Waals surface area contributed by atoms with Gasteiger partial charge in [-0.1, -0.05) is 35.0 Å². The standard InChI is InChI=1S/C25H29BrN4O4/c1-5-13-30-16(4)21(23(31)34-15(2)3)22(29-25(30)33)17-7-6-8-20(14-17)28-24(32)27-19-11-9-18(26)10-12-19/h6-12,14-15,22H,5,13H2,1-4H3,(H,29,33)(H2,27,28,32). The molecule has 1 unspecified atom stereocenters. The molecule has 8 nitrogen and oxygen atoms in total. The number of carbonyl (C=O) groups excluding carboxylic acids is 3. The van der Waals surface area contributed by atoms with Crippen molar-refractivity contribution in [2.24, 2.45) is 0 Å². The predicted octanol–water partition coefficient (Wildman–Crippen LogP) is 5.80. The van der Waals surface area contributed by atoms with Gasteiger partial charge >= 0.3 is 18.0 Å². The molecule has 2 aromatic rings. The molecule has 0 saturated carbocycles. The molecule has 0 saturated heterocycles. The number of halogens is 1. The predicted molar refractivity (Wildman–Crippen MR) is 135 cm³/mol. The Labute approximate surface area is 207 Å². The van der Waals surface area contributed by atoms with Crippen LogP contribution in [0.15, 0.2) is 64.3 Å². The van der Waals surface area contributed by atoms with E-state index in [-0.39, 0.29) is 12.1 Å². The van der Waals surface area contributed by atoms with E-state index < -0.39 is 18.0 Å². The quantitative estimate of drug-likeness (QED) is 0.395. The molecule has 0 bridgehead atoms. The molecular weight excluding hydrogens is 500 g/mol. The van der Waals surface area contributed by atoms with Gasteiger partial charge in [0.1, 0.15) is 0 Å². The maximum absolute atomic E-state index is 13.0. The summed E-state index contributed by atoms with van der Waals surface area (Å²) in [6.45, 7) is 7.77. The number of rotatable bonds is 7. The van der Waals surface area contributed by atoms with Gasteiger partial charge in [-0.3, -0.25) is 4.90 Å². The van der Waals surface area contributed by atoms with Crippen molar-refractivity contribution in [3.63, 3.8) is 0 Å². The molecule has 2 aromatic carbocycles. The second-order valence-corrected chi connectivity index (χ2v) is 9.11. The number of ether oxygens (including phenoxy) is 1. The fraction of sp³-hybridized carbons (Fsp3) is 0.320. The minimum Gasteiger partial charge on any atom is -0.459 e. The number of nitrogens with one attached hydrogen (secondary N) is 3. The highest BCUT2D eigenvalue weighted by Crippen LogP contribution is 2.32. The largest absolute Gasteiger partial charge is 0.459 e. The zero-order valence-electron chi connectivity index (χ0n) is 19.6. The van der Waals surface area contributed by atoms with Crippen molar-refractivity contribution < 1.29 is 19.1 Å². The van der Waals surface area contributed by atoms with Crippen molar-refractivity contribution in [2.75, 3.05) is 17.2 Å². The Balaban J connectivity index is 1.87. The number of hydrogen-bond acceptors (Lipinski definition) is 4. The molecule has 9 heteroatoms. The van der Waals surface area contributed by atoms with Crippen LogP contribution in [0.5, 0.6) is 0 Å². The number of amides is 4. The van der Waals surface area contributed by atoms with Crippen LogP contribution in [0.1, 0.15) is 45.7 Å². The van der Waals surface area contributed by atoms with Gasteiger partial charge in [-0.25, -0.2) is 14.4 Å². The molecule has 4 amide bonds. The SMILES string of the molecule is CCCN1C(=O)NC(c2cccc(NC(=O)Nc3ccc(Br)cc3)c2)C(C(=O)OC(C)C)=C1C. The van der Waals surface area contributed by atoms with Crippen LogP contribution < -0.4 is 16.0 Å². The Kier molecular flexibility index (Phi) is 8.33. The summed E-state index contributed by atoms with van der Waals surface area (Å²) in [4.78, 5) is 39.8. The molecule has 3 rings (SSSR count). The van der Waals surface area contributed by atoms with E-state index in [2.05, 4.69) is 31.9 Å². The first-order valence-corrected chi connectivity index (χ1v) is 11.9. The molecule has 0 spiro atoms. The Morgan fingerprint density at radius 3 is 2.44 bits per heavy atom. The maximum Gasteiger partial charge on any atom is 0.338 e. The Hall–Kier alpha value is -3.33. The van der Waals surface area contributed by atoms with E-state index in [0.29, 0.717) is 34.8 Å². The number of carbonyl (C=O) groups is 3. The van der Waals surface area contributed by atoms with Crippen LogP contribution in [0, 0.1) is 0 Å². The average molecular weight is 529 g/mol. The highest BCUT2D eigenvalue weighted by Gasteiger charge is 2.36. The summed E-state index contributed by atoms with van der Waals surface area (Å²) in [5, 5.41) is 8.49. The van der Waals surface area contributed by atoms with Crippen molar-refractivity contribution >= 4 is 45.3 Å². The molecule has 0 radical (unpaired) electrons. The van der Waals surface area contributed by atoms with E-state index >= 15 is 0 Å². The number of anilines is 2. The molecule has 0 fully saturated rings. The smallest absolute Gasteiger partial charge is 0.338 e. The van der Waals surface area contributed by atoms with E-state index in [1.165, 1.54) is 0 Å². The van der Waals surface area contributed by atoms with Gasteiger partial charge in [0.15, 0.2) is 0 Å².